The van der Waals surface area contributed by atoms with Gasteiger partial charge in [-0.25, -0.2) is 4.98 Å². The van der Waals surface area contributed by atoms with Crippen LogP contribution in [0.15, 0.2) is 48.7 Å². The molecule has 2 aliphatic heterocycles. The van der Waals surface area contributed by atoms with Gasteiger partial charge in [-0.2, -0.15) is 0 Å². The number of carbonyl (C=O) groups excluding carboxylic acids is 1. The number of hydrogen-bond acceptors (Lipinski definition) is 4. The molecule has 1 aromatic heterocycles. The molecule has 0 N–H and O–H groups in total. The van der Waals surface area contributed by atoms with E-state index in [2.05, 4.69) is 40.2 Å². The zero-order valence-corrected chi connectivity index (χ0v) is 15.7. The second kappa shape index (κ2) is 8.53. The van der Waals surface area contributed by atoms with Gasteiger partial charge in [0.05, 0.1) is 18.8 Å². The van der Waals surface area contributed by atoms with Crippen molar-refractivity contribution in [1.29, 1.82) is 0 Å². The average molecular weight is 365 g/mol. The highest BCUT2D eigenvalue weighted by atomic mass is 16.5. The van der Waals surface area contributed by atoms with Gasteiger partial charge in [0.25, 0.3) is 5.91 Å². The summed E-state index contributed by atoms with van der Waals surface area (Å²) in [5.41, 5.74) is 2.08. The van der Waals surface area contributed by atoms with E-state index in [1.165, 1.54) is 5.56 Å². The molecule has 5 heteroatoms. The lowest BCUT2D eigenvalue weighted by molar-refractivity contribution is 0.0760. The molecule has 4 rings (SSSR count). The fourth-order valence-electron chi connectivity index (χ4n) is 4.03. The van der Waals surface area contributed by atoms with Crippen molar-refractivity contribution in [3.63, 3.8) is 0 Å². The van der Waals surface area contributed by atoms with Crippen LogP contribution in [-0.4, -0.2) is 55.2 Å². The Morgan fingerprint density at radius 3 is 2.52 bits per heavy atom. The molecule has 1 aromatic carbocycles. The second-order valence-electron chi connectivity index (χ2n) is 7.34. The Balaban J connectivity index is 1.39. The summed E-state index contributed by atoms with van der Waals surface area (Å²) in [6.07, 6.45) is 4.94. The normalized spacial score (nSPS) is 21.0. The summed E-state index contributed by atoms with van der Waals surface area (Å²) in [6.45, 7) is 4.81. The molecule has 2 aromatic rings. The van der Waals surface area contributed by atoms with E-state index in [9.17, 15) is 4.79 Å². The number of carbonyl (C=O) groups is 1. The molecule has 1 amide bonds. The van der Waals surface area contributed by atoms with Gasteiger partial charge in [0.15, 0.2) is 0 Å². The number of ether oxygens (including phenoxy) is 1. The lowest BCUT2D eigenvalue weighted by atomic mass is 9.92. The third kappa shape index (κ3) is 4.30. The summed E-state index contributed by atoms with van der Waals surface area (Å²) in [4.78, 5) is 21.7. The Morgan fingerprint density at radius 2 is 1.78 bits per heavy atom. The molecule has 2 saturated heterocycles. The van der Waals surface area contributed by atoms with E-state index in [4.69, 9.17) is 4.74 Å². The first-order valence-corrected chi connectivity index (χ1v) is 9.94. The van der Waals surface area contributed by atoms with Crippen LogP contribution >= 0.6 is 0 Å². The molecule has 0 saturated carbocycles. The predicted molar refractivity (Wildman–Crippen MR) is 106 cm³/mol. The molecule has 0 bridgehead atoms. The Kier molecular flexibility index (Phi) is 5.68. The number of amides is 1. The maximum atomic E-state index is 12.9. The van der Waals surface area contributed by atoms with E-state index < -0.39 is 0 Å². The summed E-state index contributed by atoms with van der Waals surface area (Å²) in [7, 11) is 0. The number of hydrogen-bond donors (Lipinski definition) is 0. The van der Waals surface area contributed by atoms with Gasteiger partial charge in [-0.1, -0.05) is 30.3 Å². The highest BCUT2D eigenvalue weighted by Gasteiger charge is 2.23. The molecule has 2 aliphatic rings. The molecular formula is C22H27N3O2. The monoisotopic (exact) mass is 365 g/mol. The van der Waals surface area contributed by atoms with Crippen molar-refractivity contribution in [3.05, 3.63) is 59.8 Å². The number of benzene rings is 1. The van der Waals surface area contributed by atoms with Gasteiger partial charge in [-0.3, -0.25) is 4.79 Å². The highest BCUT2D eigenvalue weighted by molar-refractivity contribution is 5.94. The van der Waals surface area contributed by atoms with Crippen LogP contribution in [0.4, 0.5) is 5.82 Å². The van der Waals surface area contributed by atoms with Crippen LogP contribution in [0.5, 0.6) is 0 Å². The van der Waals surface area contributed by atoms with E-state index in [0.717, 1.165) is 64.5 Å². The first-order valence-electron chi connectivity index (χ1n) is 9.94. The summed E-state index contributed by atoms with van der Waals surface area (Å²) < 4.78 is 5.38. The number of nitrogens with zero attached hydrogens (tertiary/aromatic N) is 3. The number of morpholine rings is 1. The Labute approximate surface area is 161 Å². The van der Waals surface area contributed by atoms with Crippen molar-refractivity contribution in [1.82, 2.24) is 9.88 Å². The molecule has 27 heavy (non-hydrogen) atoms. The maximum absolute atomic E-state index is 12.9. The second-order valence-corrected chi connectivity index (χ2v) is 7.34. The SMILES string of the molecule is O=C(c1ccc(N2CCOCC2)nc1)N1CCC[C@H](c2ccccc2)CC1. The summed E-state index contributed by atoms with van der Waals surface area (Å²) in [5, 5.41) is 0. The molecule has 0 radical (unpaired) electrons. The van der Waals surface area contributed by atoms with Gasteiger partial charge in [0.2, 0.25) is 0 Å². The van der Waals surface area contributed by atoms with Gasteiger partial charge >= 0.3 is 0 Å². The van der Waals surface area contributed by atoms with E-state index in [0.29, 0.717) is 11.5 Å². The van der Waals surface area contributed by atoms with Crippen LogP contribution in [0.3, 0.4) is 0 Å². The maximum Gasteiger partial charge on any atom is 0.255 e. The number of pyridine rings is 1. The van der Waals surface area contributed by atoms with Gasteiger partial charge < -0.3 is 14.5 Å². The van der Waals surface area contributed by atoms with Crippen molar-refractivity contribution in [3.8, 4) is 0 Å². The van der Waals surface area contributed by atoms with E-state index in [-0.39, 0.29) is 5.91 Å². The van der Waals surface area contributed by atoms with Gasteiger partial charge in [0.1, 0.15) is 5.82 Å². The molecule has 3 heterocycles. The summed E-state index contributed by atoms with van der Waals surface area (Å²) >= 11 is 0. The third-order valence-corrected chi connectivity index (χ3v) is 5.62. The van der Waals surface area contributed by atoms with Crippen LogP contribution in [0.1, 0.15) is 41.1 Å². The minimum absolute atomic E-state index is 0.102. The van der Waals surface area contributed by atoms with Crippen molar-refractivity contribution in [2.24, 2.45) is 0 Å². The summed E-state index contributed by atoms with van der Waals surface area (Å²) in [6, 6.07) is 14.6. The first kappa shape index (κ1) is 18.0. The van der Waals surface area contributed by atoms with Crippen molar-refractivity contribution in [2.75, 3.05) is 44.3 Å². The van der Waals surface area contributed by atoms with Gasteiger partial charge in [0, 0.05) is 32.4 Å². The van der Waals surface area contributed by atoms with Crippen LogP contribution < -0.4 is 4.90 Å². The Bertz CT molecular complexity index is 742. The lowest BCUT2D eigenvalue weighted by Crippen LogP contribution is -2.37. The van der Waals surface area contributed by atoms with Crippen molar-refractivity contribution >= 4 is 11.7 Å². The molecular weight excluding hydrogens is 338 g/mol. The summed E-state index contributed by atoms with van der Waals surface area (Å²) in [5.74, 6) is 1.57. The lowest BCUT2D eigenvalue weighted by Gasteiger charge is -2.28. The number of rotatable bonds is 3. The number of likely N-dealkylation sites (tertiary alicyclic amines) is 1. The van der Waals surface area contributed by atoms with Crippen molar-refractivity contribution in [2.45, 2.75) is 25.2 Å². The number of aromatic nitrogens is 1. The topological polar surface area (TPSA) is 45.7 Å². The minimum atomic E-state index is 0.102. The minimum Gasteiger partial charge on any atom is -0.378 e. The molecule has 2 fully saturated rings. The third-order valence-electron chi connectivity index (χ3n) is 5.62. The van der Waals surface area contributed by atoms with Crippen molar-refractivity contribution < 1.29 is 9.53 Å². The van der Waals surface area contributed by atoms with E-state index >= 15 is 0 Å². The molecule has 0 unspecified atom stereocenters. The molecule has 0 aliphatic carbocycles. The zero-order chi connectivity index (χ0) is 18.5. The average Bonchev–Trinajstić information content (AvgIpc) is 3.01. The standard InChI is InChI=1S/C22H27N3O2/c26-22(20-8-9-21(23-17-20)24-13-15-27-16-14-24)25-11-4-7-19(10-12-25)18-5-2-1-3-6-18/h1-3,5-6,8-9,17,19H,4,7,10-16H2/t19-/m0/s1. The molecule has 1 atom stereocenters. The number of anilines is 1. The molecule has 0 spiro atoms. The quantitative estimate of drug-likeness (QED) is 0.837. The largest absolute Gasteiger partial charge is 0.378 e. The fraction of sp³-hybridized carbons (Fsp3) is 0.455. The molecule has 142 valence electrons. The van der Waals surface area contributed by atoms with Crippen LogP contribution in [0.2, 0.25) is 0 Å². The van der Waals surface area contributed by atoms with E-state index in [1.54, 1.807) is 6.20 Å². The molecule has 5 nitrogen and oxygen atoms in total. The van der Waals surface area contributed by atoms with Gasteiger partial charge in [-0.05, 0) is 42.9 Å². The highest BCUT2D eigenvalue weighted by Crippen LogP contribution is 2.28. The van der Waals surface area contributed by atoms with Crippen LogP contribution in [0, 0.1) is 0 Å². The smallest absolute Gasteiger partial charge is 0.255 e. The van der Waals surface area contributed by atoms with E-state index in [1.807, 2.05) is 17.0 Å². The predicted octanol–water partition coefficient (Wildman–Crippen LogP) is 3.33. The Morgan fingerprint density at radius 1 is 0.963 bits per heavy atom. The first-order chi connectivity index (χ1) is 13.3. The van der Waals surface area contributed by atoms with Gasteiger partial charge in [-0.15, -0.1) is 0 Å². The fourth-order valence-corrected chi connectivity index (χ4v) is 4.03. The zero-order valence-electron chi connectivity index (χ0n) is 15.7. The Hall–Kier alpha value is -2.40. The van der Waals surface area contributed by atoms with Crippen LogP contribution in [0.25, 0.3) is 0 Å². The van der Waals surface area contributed by atoms with Crippen LogP contribution in [-0.2, 0) is 4.74 Å².